The lowest BCUT2D eigenvalue weighted by molar-refractivity contribution is 0.240. The molecule has 1 aliphatic heterocycles. The lowest BCUT2D eigenvalue weighted by Crippen LogP contribution is -2.17. The number of benzene rings is 4. The summed E-state index contributed by atoms with van der Waals surface area (Å²) in [5.41, 5.74) is 6.16. The van der Waals surface area contributed by atoms with Crippen LogP contribution in [0.5, 0.6) is 5.75 Å². The molecule has 8 heteroatoms. The van der Waals surface area contributed by atoms with Crippen molar-refractivity contribution in [3.8, 4) is 5.75 Å². The summed E-state index contributed by atoms with van der Waals surface area (Å²) in [5.74, 6) is 1.48. The van der Waals surface area contributed by atoms with Crippen molar-refractivity contribution in [1.82, 2.24) is 0 Å². The van der Waals surface area contributed by atoms with Crippen LogP contribution in [0.4, 0.5) is 39.8 Å². The van der Waals surface area contributed by atoms with Gasteiger partial charge in [0.05, 0.1) is 40.7 Å². The smallest absolute Gasteiger partial charge is 0.119 e. The van der Waals surface area contributed by atoms with Crippen LogP contribution in [0.1, 0.15) is 53.4 Å². The summed E-state index contributed by atoms with van der Waals surface area (Å²) >= 11 is 0. The van der Waals surface area contributed by atoms with Gasteiger partial charge in [-0.25, -0.2) is 0 Å². The van der Waals surface area contributed by atoms with Gasteiger partial charge in [0.15, 0.2) is 0 Å². The van der Waals surface area contributed by atoms with Gasteiger partial charge in [0.2, 0.25) is 0 Å². The third kappa shape index (κ3) is 10.4. The molecule has 1 fully saturated rings. The summed E-state index contributed by atoms with van der Waals surface area (Å²) in [4.78, 5) is 2.40. The zero-order valence-electron chi connectivity index (χ0n) is 26.8. The molecule has 4 aromatic carbocycles. The molecular weight excluding hydrogens is 558 g/mol. The number of ether oxygens (including phenoxy) is 1. The third-order valence-corrected chi connectivity index (χ3v) is 7.54. The van der Waals surface area contributed by atoms with Crippen molar-refractivity contribution >= 4 is 39.8 Å². The van der Waals surface area contributed by atoms with Crippen LogP contribution in [0.2, 0.25) is 0 Å². The molecule has 4 aromatic rings. The van der Waals surface area contributed by atoms with Crippen LogP contribution in [0, 0.1) is 11.3 Å². The Kier molecular flexibility index (Phi) is 10.8. The van der Waals surface area contributed by atoms with Crippen molar-refractivity contribution in [2.24, 2.45) is 42.0 Å². The molecule has 0 spiro atoms. The maximum Gasteiger partial charge on any atom is 0.119 e. The first-order valence-electron chi connectivity index (χ1n) is 15.8. The van der Waals surface area contributed by atoms with E-state index in [0.29, 0.717) is 17.9 Å². The van der Waals surface area contributed by atoms with E-state index >= 15 is 0 Å². The van der Waals surface area contributed by atoms with Crippen LogP contribution in [-0.4, -0.2) is 19.7 Å². The average molecular weight is 602 g/mol. The minimum absolute atomic E-state index is 0.347. The number of azo groups is 3. The molecule has 1 heterocycles. The quantitative estimate of drug-likeness (QED) is 0.151. The van der Waals surface area contributed by atoms with E-state index in [1.165, 1.54) is 24.9 Å². The van der Waals surface area contributed by atoms with Gasteiger partial charge in [-0.15, -0.1) is 0 Å². The normalized spacial score (nSPS) is 14.6. The molecule has 0 radical (unpaired) electrons. The molecule has 45 heavy (non-hydrogen) atoms. The monoisotopic (exact) mass is 601 g/mol. The van der Waals surface area contributed by atoms with Crippen molar-refractivity contribution < 1.29 is 4.74 Å². The second kappa shape index (κ2) is 15.3. The molecule has 8 nitrogen and oxygen atoms in total. The summed E-state index contributed by atoms with van der Waals surface area (Å²) in [7, 11) is 0. The van der Waals surface area contributed by atoms with Crippen LogP contribution in [0.25, 0.3) is 0 Å². The van der Waals surface area contributed by atoms with E-state index in [2.05, 4.69) is 75.4 Å². The molecule has 0 saturated carbocycles. The molecule has 5 rings (SSSR count). The summed E-state index contributed by atoms with van der Waals surface area (Å²) in [6.07, 6.45) is 4.77. The van der Waals surface area contributed by atoms with Crippen LogP contribution in [0.15, 0.2) is 128 Å². The highest BCUT2D eigenvalue weighted by Gasteiger charge is 2.15. The predicted molar refractivity (Wildman–Crippen MR) is 183 cm³/mol. The van der Waals surface area contributed by atoms with Gasteiger partial charge in [-0.05, 0) is 134 Å². The Morgan fingerprint density at radius 1 is 0.578 bits per heavy atom. The molecule has 232 valence electrons. The van der Waals surface area contributed by atoms with E-state index in [1.807, 2.05) is 84.9 Å². The van der Waals surface area contributed by atoms with Crippen molar-refractivity contribution in [2.75, 3.05) is 24.6 Å². The number of hydrogen-bond acceptors (Lipinski definition) is 8. The minimum Gasteiger partial charge on any atom is -0.494 e. The number of rotatable bonds is 12. The van der Waals surface area contributed by atoms with Crippen LogP contribution in [0.3, 0.4) is 0 Å². The Balaban J connectivity index is 1.07. The number of anilines is 1. The van der Waals surface area contributed by atoms with Crippen molar-refractivity contribution in [2.45, 2.75) is 53.4 Å². The Labute approximate surface area is 267 Å². The van der Waals surface area contributed by atoms with Gasteiger partial charge < -0.3 is 9.64 Å². The molecule has 0 aliphatic carbocycles. The Hall–Kier alpha value is -4.72. The van der Waals surface area contributed by atoms with Crippen LogP contribution < -0.4 is 9.64 Å². The second-order valence-corrected chi connectivity index (χ2v) is 12.8. The molecular formula is C37H43N7O. The molecule has 0 aromatic heterocycles. The van der Waals surface area contributed by atoms with E-state index < -0.39 is 0 Å². The molecule has 1 unspecified atom stereocenters. The standard InChI is InChI=1S/C37H43N7O/c1-28(27-37(2,3)4)23-26-45-36-21-17-34(18-22-36)43-41-32-13-9-30(10-14-32)39-38-29-7-11-31(12-8-29)40-42-33-15-19-35(20-16-33)44-24-5-6-25-44/h7-22,28H,5-6,23-27H2,1-4H3/b39-38+,42-40+,43-41+. The lowest BCUT2D eigenvalue weighted by atomic mass is 9.84. The zero-order valence-corrected chi connectivity index (χ0v) is 26.8. The highest BCUT2D eigenvalue weighted by molar-refractivity contribution is 5.54. The maximum absolute atomic E-state index is 5.93. The summed E-state index contributed by atoms with van der Waals surface area (Å²) < 4.78 is 5.93. The van der Waals surface area contributed by atoms with Crippen molar-refractivity contribution in [1.29, 1.82) is 0 Å². The van der Waals surface area contributed by atoms with E-state index in [-0.39, 0.29) is 0 Å². The van der Waals surface area contributed by atoms with Crippen LogP contribution in [-0.2, 0) is 0 Å². The Bertz CT molecular complexity index is 1560. The largest absolute Gasteiger partial charge is 0.494 e. The summed E-state index contributed by atoms with van der Waals surface area (Å²) in [6.45, 7) is 12.1. The molecule has 0 bridgehead atoms. The zero-order chi connectivity index (χ0) is 31.5. The van der Waals surface area contributed by atoms with E-state index in [4.69, 9.17) is 4.74 Å². The first-order chi connectivity index (χ1) is 21.8. The van der Waals surface area contributed by atoms with Gasteiger partial charge in [-0.1, -0.05) is 27.7 Å². The van der Waals surface area contributed by atoms with Crippen molar-refractivity contribution in [3.63, 3.8) is 0 Å². The highest BCUT2D eigenvalue weighted by atomic mass is 16.5. The van der Waals surface area contributed by atoms with Gasteiger partial charge >= 0.3 is 0 Å². The Morgan fingerprint density at radius 2 is 0.933 bits per heavy atom. The van der Waals surface area contributed by atoms with Crippen molar-refractivity contribution in [3.05, 3.63) is 97.1 Å². The molecule has 1 atom stereocenters. The maximum atomic E-state index is 5.93. The minimum atomic E-state index is 0.347. The van der Waals surface area contributed by atoms with E-state index in [9.17, 15) is 0 Å². The lowest BCUT2D eigenvalue weighted by Gasteiger charge is -2.23. The van der Waals surface area contributed by atoms with Gasteiger partial charge in [-0.2, -0.15) is 30.7 Å². The highest BCUT2D eigenvalue weighted by Crippen LogP contribution is 2.29. The average Bonchev–Trinajstić information content (AvgIpc) is 3.58. The molecule has 1 aliphatic rings. The van der Waals surface area contributed by atoms with Gasteiger partial charge in [-0.3, -0.25) is 0 Å². The number of nitrogens with zero attached hydrogens (tertiary/aromatic N) is 7. The molecule has 1 saturated heterocycles. The van der Waals surface area contributed by atoms with Gasteiger partial charge in [0.1, 0.15) is 5.75 Å². The third-order valence-electron chi connectivity index (χ3n) is 7.54. The van der Waals surface area contributed by atoms with Gasteiger partial charge in [0.25, 0.3) is 0 Å². The van der Waals surface area contributed by atoms with Gasteiger partial charge in [0, 0.05) is 18.8 Å². The second-order valence-electron chi connectivity index (χ2n) is 12.8. The van der Waals surface area contributed by atoms with E-state index in [1.54, 1.807) is 0 Å². The fourth-order valence-corrected chi connectivity index (χ4v) is 5.36. The molecule has 0 amide bonds. The van der Waals surface area contributed by atoms with Crippen LogP contribution >= 0.6 is 0 Å². The topological polar surface area (TPSA) is 86.6 Å². The Morgan fingerprint density at radius 3 is 1.31 bits per heavy atom. The fourth-order valence-electron chi connectivity index (χ4n) is 5.36. The predicted octanol–water partition coefficient (Wildman–Crippen LogP) is 12.4. The summed E-state index contributed by atoms with van der Waals surface area (Å²) in [6, 6.07) is 31.0. The first kappa shape index (κ1) is 31.7. The first-order valence-corrected chi connectivity index (χ1v) is 15.8. The SMILES string of the molecule is CC(CCOc1ccc(/N=N/c2ccc(/N=N/c3ccc(/N=N/c4ccc(N5CCCC5)cc4)cc3)cc2)cc1)CC(C)(C)C. The molecule has 0 N–H and O–H groups in total. The van der Waals surface area contributed by atoms with E-state index in [0.717, 1.165) is 59.4 Å². The fraction of sp³-hybridized carbons (Fsp3) is 0.351. The summed E-state index contributed by atoms with van der Waals surface area (Å²) in [5, 5.41) is 26.1. The number of hydrogen-bond donors (Lipinski definition) is 0.